The molecule has 0 bridgehead atoms. The number of aliphatic imine (C=N–C) groups is 1. The van der Waals surface area contributed by atoms with Crippen molar-refractivity contribution < 1.29 is 5.11 Å². The number of hydrogen-bond donors (Lipinski definition) is 3. The minimum absolute atomic E-state index is 0. The SMILES string of the molecule is CCNC(=NCC(C)(O)c1cnn(C)c1)NCCn1cccn1.I. The molecule has 2 aromatic heterocycles. The maximum Gasteiger partial charge on any atom is 0.191 e. The Bertz CT molecular complexity index is 622. The van der Waals surface area contributed by atoms with Crippen LogP contribution in [0.25, 0.3) is 0 Å². The highest BCUT2D eigenvalue weighted by atomic mass is 127. The van der Waals surface area contributed by atoms with E-state index in [9.17, 15) is 5.11 Å². The molecule has 24 heavy (non-hydrogen) atoms. The molecule has 1 atom stereocenters. The third-order valence-corrected chi connectivity index (χ3v) is 3.41. The van der Waals surface area contributed by atoms with Crippen LogP contribution in [0.2, 0.25) is 0 Å². The fraction of sp³-hybridized carbons (Fsp3) is 0.533. The van der Waals surface area contributed by atoms with Crippen LogP contribution in [-0.2, 0) is 19.2 Å². The Labute approximate surface area is 159 Å². The van der Waals surface area contributed by atoms with Gasteiger partial charge in [0.2, 0.25) is 0 Å². The zero-order chi connectivity index (χ0) is 16.7. The quantitative estimate of drug-likeness (QED) is 0.330. The molecule has 2 heterocycles. The Morgan fingerprint density at radius 1 is 1.38 bits per heavy atom. The van der Waals surface area contributed by atoms with E-state index in [1.165, 1.54) is 0 Å². The van der Waals surface area contributed by atoms with Gasteiger partial charge in [0.25, 0.3) is 0 Å². The molecule has 0 aliphatic carbocycles. The summed E-state index contributed by atoms with van der Waals surface area (Å²) < 4.78 is 3.52. The second-order valence-electron chi connectivity index (χ2n) is 5.57. The van der Waals surface area contributed by atoms with Gasteiger partial charge in [-0.2, -0.15) is 10.2 Å². The topological polar surface area (TPSA) is 92.3 Å². The molecule has 2 rings (SSSR count). The lowest BCUT2D eigenvalue weighted by atomic mass is 10.0. The highest BCUT2D eigenvalue weighted by Gasteiger charge is 2.24. The van der Waals surface area contributed by atoms with Crippen LogP contribution in [-0.4, -0.2) is 50.3 Å². The number of hydrogen-bond acceptors (Lipinski definition) is 4. The lowest BCUT2D eigenvalue weighted by Gasteiger charge is -2.20. The molecule has 2 aromatic rings. The molecule has 134 valence electrons. The van der Waals surface area contributed by atoms with Gasteiger partial charge in [0, 0.05) is 44.3 Å². The third kappa shape index (κ3) is 6.11. The zero-order valence-corrected chi connectivity index (χ0v) is 16.6. The Balaban J connectivity index is 0.00000288. The van der Waals surface area contributed by atoms with E-state index in [2.05, 4.69) is 25.8 Å². The van der Waals surface area contributed by atoms with Crippen LogP contribution in [0.1, 0.15) is 19.4 Å². The van der Waals surface area contributed by atoms with Gasteiger partial charge in [0.15, 0.2) is 5.96 Å². The first-order valence-corrected chi connectivity index (χ1v) is 7.72. The summed E-state index contributed by atoms with van der Waals surface area (Å²) in [6, 6.07) is 1.89. The smallest absolute Gasteiger partial charge is 0.191 e. The molecule has 0 saturated carbocycles. The van der Waals surface area contributed by atoms with Crippen molar-refractivity contribution in [3.8, 4) is 0 Å². The van der Waals surface area contributed by atoms with Crippen LogP contribution >= 0.6 is 24.0 Å². The van der Waals surface area contributed by atoms with Gasteiger partial charge < -0.3 is 15.7 Å². The fourth-order valence-electron chi connectivity index (χ4n) is 2.09. The van der Waals surface area contributed by atoms with E-state index in [0.717, 1.165) is 18.7 Å². The lowest BCUT2D eigenvalue weighted by Crippen LogP contribution is -2.40. The predicted octanol–water partition coefficient (Wildman–Crippen LogP) is 0.697. The highest BCUT2D eigenvalue weighted by Crippen LogP contribution is 2.19. The first kappa shape index (κ1) is 20.4. The summed E-state index contributed by atoms with van der Waals surface area (Å²) in [7, 11) is 1.82. The van der Waals surface area contributed by atoms with E-state index in [0.29, 0.717) is 12.5 Å². The molecular weight excluding hydrogens is 421 g/mol. The Morgan fingerprint density at radius 2 is 2.17 bits per heavy atom. The molecule has 0 aromatic carbocycles. The molecule has 0 aliphatic rings. The molecule has 0 aliphatic heterocycles. The van der Waals surface area contributed by atoms with E-state index in [4.69, 9.17) is 0 Å². The Morgan fingerprint density at radius 3 is 2.75 bits per heavy atom. The zero-order valence-electron chi connectivity index (χ0n) is 14.3. The van der Waals surface area contributed by atoms with Crippen molar-refractivity contribution >= 4 is 29.9 Å². The second-order valence-corrected chi connectivity index (χ2v) is 5.57. The average Bonchev–Trinajstić information content (AvgIpc) is 3.16. The predicted molar refractivity (Wildman–Crippen MR) is 104 cm³/mol. The Kier molecular flexibility index (Phi) is 8.19. The van der Waals surface area contributed by atoms with Gasteiger partial charge in [-0.25, -0.2) is 4.99 Å². The largest absolute Gasteiger partial charge is 0.383 e. The summed E-state index contributed by atoms with van der Waals surface area (Å²) >= 11 is 0. The van der Waals surface area contributed by atoms with Gasteiger partial charge >= 0.3 is 0 Å². The molecule has 0 fully saturated rings. The van der Waals surface area contributed by atoms with E-state index in [1.54, 1.807) is 30.2 Å². The number of aromatic nitrogens is 4. The van der Waals surface area contributed by atoms with Crippen LogP contribution in [0, 0.1) is 0 Å². The number of aliphatic hydroxyl groups is 1. The third-order valence-electron chi connectivity index (χ3n) is 3.41. The van der Waals surface area contributed by atoms with Crippen LogP contribution < -0.4 is 10.6 Å². The molecular formula is C15H26IN7O. The monoisotopic (exact) mass is 447 g/mol. The molecule has 0 spiro atoms. The number of halogens is 1. The number of nitrogens with zero attached hydrogens (tertiary/aromatic N) is 5. The standard InChI is InChI=1S/C15H25N7O.HI/c1-4-16-14(17-7-9-22-8-5-6-19-22)18-12-15(2,23)13-10-20-21(3)11-13;/h5-6,8,10-11,23H,4,7,9,12H2,1-3H3,(H2,16,17,18);1H. The molecule has 9 heteroatoms. The normalized spacial score (nSPS) is 13.9. The Hall–Kier alpha value is -1.62. The number of rotatable bonds is 7. The van der Waals surface area contributed by atoms with Gasteiger partial charge in [0.1, 0.15) is 5.60 Å². The van der Waals surface area contributed by atoms with E-state index in [1.807, 2.05) is 30.9 Å². The summed E-state index contributed by atoms with van der Waals surface area (Å²) in [5.41, 5.74) is -0.311. The summed E-state index contributed by atoms with van der Waals surface area (Å²) in [5.74, 6) is 0.670. The summed E-state index contributed by atoms with van der Waals surface area (Å²) in [5, 5.41) is 25.2. The van der Waals surface area contributed by atoms with Crippen molar-refractivity contribution in [1.29, 1.82) is 0 Å². The van der Waals surface area contributed by atoms with E-state index < -0.39 is 5.60 Å². The molecule has 8 nitrogen and oxygen atoms in total. The van der Waals surface area contributed by atoms with Crippen molar-refractivity contribution in [1.82, 2.24) is 30.2 Å². The van der Waals surface area contributed by atoms with E-state index >= 15 is 0 Å². The first-order valence-electron chi connectivity index (χ1n) is 7.72. The van der Waals surface area contributed by atoms with Gasteiger partial charge in [-0.3, -0.25) is 9.36 Å². The van der Waals surface area contributed by atoms with Gasteiger partial charge in [-0.1, -0.05) is 0 Å². The fourth-order valence-corrected chi connectivity index (χ4v) is 2.09. The van der Waals surface area contributed by atoms with Gasteiger partial charge in [-0.15, -0.1) is 24.0 Å². The van der Waals surface area contributed by atoms with Gasteiger partial charge in [0.05, 0.1) is 19.3 Å². The summed E-state index contributed by atoms with van der Waals surface area (Å²) in [6.45, 7) is 6.18. The maximum absolute atomic E-state index is 10.6. The van der Waals surface area contributed by atoms with E-state index in [-0.39, 0.29) is 30.5 Å². The van der Waals surface area contributed by atoms with Crippen LogP contribution in [0.15, 0.2) is 35.8 Å². The van der Waals surface area contributed by atoms with Crippen LogP contribution in [0.3, 0.4) is 0 Å². The van der Waals surface area contributed by atoms with Crippen molar-refractivity contribution in [3.63, 3.8) is 0 Å². The molecule has 0 radical (unpaired) electrons. The van der Waals surface area contributed by atoms with Crippen molar-refractivity contribution in [2.24, 2.45) is 12.0 Å². The van der Waals surface area contributed by atoms with Crippen molar-refractivity contribution in [2.75, 3.05) is 19.6 Å². The minimum atomic E-state index is -1.06. The number of nitrogens with one attached hydrogen (secondary N) is 2. The number of aryl methyl sites for hydroxylation is 1. The molecule has 0 saturated heterocycles. The highest BCUT2D eigenvalue weighted by molar-refractivity contribution is 14.0. The second kappa shape index (κ2) is 9.62. The molecule has 1 unspecified atom stereocenters. The summed E-state index contributed by atoms with van der Waals surface area (Å²) in [4.78, 5) is 4.47. The average molecular weight is 447 g/mol. The molecule has 3 N–H and O–H groups in total. The lowest BCUT2D eigenvalue weighted by molar-refractivity contribution is 0.0672. The summed E-state index contributed by atoms with van der Waals surface area (Å²) in [6.07, 6.45) is 7.13. The minimum Gasteiger partial charge on any atom is -0.383 e. The number of guanidine groups is 1. The maximum atomic E-state index is 10.6. The van der Waals surface area contributed by atoms with Crippen molar-refractivity contribution in [2.45, 2.75) is 26.0 Å². The van der Waals surface area contributed by atoms with Crippen molar-refractivity contribution in [3.05, 3.63) is 36.4 Å². The van der Waals surface area contributed by atoms with Crippen LogP contribution in [0.5, 0.6) is 0 Å². The van der Waals surface area contributed by atoms with Gasteiger partial charge in [-0.05, 0) is 19.9 Å². The van der Waals surface area contributed by atoms with Crippen LogP contribution in [0.4, 0.5) is 0 Å². The molecule has 0 amide bonds. The first-order chi connectivity index (χ1) is 11.0.